The van der Waals surface area contributed by atoms with E-state index in [4.69, 9.17) is 9.72 Å². The summed E-state index contributed by atoms with van der Waals surface area (Å²) in [4.78, 5) is 5.08. The summed E-state index contributed by atoms with van der Waals surface area (Å²) in [6, 6.07) is 22.4. The van der Waals surface area contributed by atoms with Crippen LogP contribution in [0.1, 0.15) is 0 Å². The Kier molecular flexibility index (Phi) is 4.20. The average molecular weight is 378 g/mol. The van der Waals surface area contributed by atoms with Gasteiger partial charge in [-0.25, -0.2) is 13.4 Å². The molecular weight excluding hydrogens is 360 g/mol. The first-order valence-corrected chi connectivity index (χ1v) is 10.3. The van der Waals surface area contributed by atoms with Crippen LogP contribution >= 0.6 is 0 Å². The van der Waals surface area contributed by atoms with Crippen LogP contribution in [-0.4, -0.2) is 31.3 Å². The molecule has 0 atom stereocenters. The van der Waals surface area contributed by atoms with Gasteiger partial charge in [0, 0.05) is 17.5 Å². The number of aromatic nitrogens is 2. The zero-order chi connectivity index (χ0) is 19.0. The van der Waals surface area contributed by atoms with E-state index >= 15 is 0 Å². The summed E-state index contributed by atoms with van der Waals surface area (Å²) in [6.07, 6.45) is 1.21. The highest BCUT2D eigenvalue weighted by Gasteiger charge is 2.15. The third kappa shape index (κ3) is 3.19. The maximum Gasteiger partial charge on any atom is 0.175 e. The topological polar surface area (TPSA) is 61.2 Å². The SMILES string of the molecule is COc1ccc(-c2nc3ccccc3n2-c2ccc(S(C)(=O)=O)cc2)cc1. The van der Waals surface area contributed by atoms with E-state index in [9.17, 15) is 8.42 Å². The van der Waals surface area contributed by atoms with Crippen LogP contribution in [0.25, 0.3) is 28.1 Å². The van der Waals surface area contributed by atoms with Crippen molar-refractivity contribution in [3.63, 3.8) is 0 Å². The fourth-order valence-corrected chi connectivity index (χ4v) is 3.69. The summed E-state index contributed by atoms with van der Waals surface area (Å²) in [5, 5.41) is 0. The Hall–Kier alpha value is -3.12. The Balaban J connectivity index is 1.93. The number of ether oxygens (including phenoxy) is 1. The van der Waals surface area contributed by atoms with Crippen molar-refractivity contribution in [1.29, 1.82) is 0 Å². The fourth-order valence-electron chi connectivity index (χ4n) is 3.06. The van der Waals surface area contributed by atoms with Crippen molar-refractivity contribution in [1.82, 2.24) is 9.55 Å². The molecule has 0 fully saturated rings. The Morgan fingerprint density at radius 3 is 2.19 bits per heavy atom. The number of fused-ring (bicyclic) bond motifs is 1. The van der Waals surface area contributed by atoms with Crippen molar-refractivity contribution in [2.24, 2.45) is 0 Å². The molecule has 0 aliphatic heterocycles. The van der Waals surface area contributed by atoms with Crippen molar-refractivity contribution in [3.8, 4) is 22.8 Å². The highest BCUT2D eigenvalue weighted by molar-refractivity contribution is 7.90. The van der Waals surface area contributed by atoms with E-state index in [1.54, 1.807) is 31.4 Å². The summed E-state index contributed by atoms with van der Waals surface area (Å²) in [5.41, 5.74) is 3.62. The second kappa shape index (κ2) is 6.55. The van der Waals surface area contributed by atoms with E-state index in [2.05, 4.69) is 0 Å². The maximum absolute atomic E-state index is 11.8. The lowest BCUT2D eigenvalue weighted by Gasteiger charge is -2.11. The van der Waals surface area contributed by atoms with Gasteiger partial charge in [0.05, 0.1) is 23.0 Å². The number of sulfone groups is 1. The molecule has 0 N–H and O–H groups in total. The minimum Gasteiger partial charge on any atom is -0.497 e. The summed E-state index contributed by atoms with van der Waals surface area (Å²) < 4.78 is 30.8. The number of benzene rings is 3. The van der Waals surface area contributed by atoms with Crippen LogP contribution in [0.4, 0.5) is 0 Å². The van der Waals surface area contributed by atoms with E-state index in [0.717, 1.165) is 33.9 Å². The molecule has 6 heteroatoms. The molecule has 1 heterocycles. The van der Waals surface area contributed by atoms with Crippen LogP contribution in [0.2, 0.25) is 0 Å². The van der Waals surface area contributed by atoms with Crippen LogP contribution in [-0.2, 0) is 9.84 Å². The molecule has 4 aromatic rings. The van der Waals surface area contributed by atoms with Gasteiger partial charge in [0.2, 0.25) is 0 Å². The lowest BCUT2D eigenvalue weighted by Crippen LogP contribution is -2.00. The smallest absolute Gasteiger partial charge is 0.175 e. The molecule has 136 valence electrons. The Bertz CT molecular complexity index is 1210. The number of methoxy groups -OCH3 is 1. The zero-order valence-electron chi connectivity index (χ0n) is 15.0. The van der Waals surface area contributed by atoms with Crippen molar-refractivity contribution in [2.75, 3.05) is 13.4 Å². The predicted molar refractivity (Wildman–Crippen MR) is 106 cm³/mol. The van der Waals surface area contributed by atoms with Crippen molar-refractivity contribution >= 4 is 20.9 Å². The highest BCUT2D eigenvalue weighted by Crippen LogP contribution is 2.30. The summed E-state index contributed by atoms with van der Waals surface area (Å²) in [5.74, 6) is 1.56. The van der Waals surface area contributed by atoms with E-state index in [1.165, 1.54) is 6.26 Å². The van der Waals surface area contributed by atoms with Gasteiger partial charge in [0.25, 0.3) is 0 Å². The van der Waals surface area contributed by atoms with Crippen LogP contribution < -0.4 is 4.74 Å². The third-order valence-electron chi connectivity index (χ3n) is 4.43. The van der Waals surface area contributed by atoms with E-state index in [1.807, 2.05) is 53.1 Å². The van der Waals surface area contributed by atoms with Crippen molar-refractivity contribution in [3.05, 3.63) is 72.8 Å². The van der Waals surface area contributed by atoms with Gasteiger partial charge < -0.3 is 4.74 Å². The number of nitrogens with zero attached hydrogens (tertiary/aromatic N) is 2. The molecule has 4 rings (SSSR count). The molecule has 0 bridgehead atoms. The first-order valence-electron chi connectivity index (χ1n) is 8.40. The first-order chi connectivity index (χ1) is 13.0. The van der Waals surface area contributed by atoms with Gasteiger partial charge >= 0.3 is 0 Å². The summed E-state index contributed by atoms with van der Waals surface area (Å²) in [6.45, 7) is 0. The normalized spacial score (nSPS) is 11.6. The standard InChI is InChI=1S/C21H18N2O3S/c1-26-17-11-7-15(8-12-17)21-22-19-5-3-4-6-20(19)23(21)16-9-13-18(14-10-16)27(2,24)25/h3-14H,1-2H3. The van der Waals surface area contributed by atoms with Gasteiger partial charge in [0.15, 0.2) is 9.84 Å². The quantitative estimate of drug-likeness (QED) is 0.536. The first kappa shape index (κ1) is 17.3. The van der Waals surface area contributed by atoms with Crippen molar-refractivity contribution < 1.29 is 13.2 Å². The molecule has 0 unspecified atom stereocenters. The zero-order valence-corrected chi connectivity index (χ0v) is 15.8. The highest BCUT2D eigenvalue weighted by atomic mass is 32.2. The number of imidazole rings is 1. The monoisotopic (exact) mass is 378 g/mol. The maximum atomic E-state index is 11.8. The largest absolute Gasteiger partial charge is 0.497 e. The number of para-hydroxylation sites is 2. The van der Waals surface area contributed by atoms with Gasteiger partial charge in [-0.3, -0.25) is 4.57 Å². The van der Waals surface area contributed by atoms with Gasteiger partial charge in [-0.1, -0.05) is 12.1 Å². The van der Waals surface area contributed by atoms with Gasteiger partial charge in [-0.2, -0.15) is 0 Å². The van der Waals surface area contributed by atoms with E-state index < -0.39 is 9.84 Å². The summed E-state index contributed by atoms with van der Waals surface area (Å²) in [7, 11) is -1.61. The minimum atomic E-state index is -3.24. The van der Waals surface area contributed by atoms with Gasteiger partial charge in [-0.15, -0.1) is 0 Å². The molecule has 3 aromatic carbocycles. The summed E-state index contributed by atoms with van der Waals surface area (Å²) >= 11 is 0. The Labute approximate surface area is 157 Å². The molecule has 0 saturated heterocycles. The van der Waals surface area contributed by atoms with E-state index in [0.29, 0.717) is 4.90 Å². The van der Waals surface area contributed by atoms with Gasteiger partial charge in [-0.05, 0) is 60.7 Å². The molecule has 1 aromatic heterocycles. The number of hydrogen-bond donors (Lipinski definition) is 0. The van der Waals surface area contributed by atoms with Gasteiger partial charge in [0.1, 0.15) is 11.6 Å². The fraction of sp³-hybridized carbons (Fsp3) is 0.0952. The molecule has 5 nitrogen and oxygen atoms in total. The molecule has 0 spiro atoms. The number of hydrogen-bond acceptors (Lipinski definition) is 4. The average Bonchev–Trinajstić information content (AvgIpc) is 3.07. The molecule has 27 heavy (non-hydrogen) atoms. The van der Waals surface area contributed by atoms with Crippen LogP contribution in [0.3, 0.4) is 0 Å². The third-order valence-corrected chi connectivity index (χ3v) is 5.56. The molecule has 0 amide bonds. The minimum absolute atomic E-state index is 0.293. The molecule has 0 radical (unpaired) electrons. The molecule has 0 saturated carbocycles. The van der Waals surface area contributed by atoms with Crippen LogP contribution in [0, 0.1) is 0 Å². The molecule has 0 aliphatic rings. The van der Waals surface area contributed by atoms with Crippen molar-refractivity contribution in [2.45, 2.75) is 4.90 Å². The lowest BCUT2D eigenvalue weighted by molar-refractivity contribution is 0.415. The number of rotatable bonds is 4. The predicted octanol–water partition coefficient (Wildman–Crippen LogP) is 4.10. The molecule has 0 aliphatic carbocycles. The van der Waals surface area contributed by atoms with E-state index in [-0.39, 0.29) is 0 Å². The Morgan fingerprint density at radius 2 is 1.56 bits per heavy atom. The Morgan fingerprint density at radius 1 is 0.889 bits per heavy atom. The van der Waals surface area contributed by atoms with Crippen LogP contribution in [0.5, 0.6) is 5.75 Å². The second-order valence-electron chi connectivity index (χ2n) is 6.25. The lowest BCUT2D eigenvalue weighted by atomic mass is 10.2. The van der Waals surface area contributed by atoms with Crippen LogP contribution in [0.15, 0.2) is 77.7 Å². The second-order valence-corrected chi connectivity index (χ2v) is 8.27. The molecular formula is C21H18N2O3S.